The van der Waals surface area contributed by atoms with E-state index in [-0.39, 0.29) is 5.91 Å². The SMILES string of the molecule is CCCCCNC(=S)NNC(=O)c1cn(Cc2ccccc2)nc1-c1ccccc1. The zero-order valence-corrected chi connectivity index (χ0v) is 17.9. The van der Waals surface area contributed by atoms with E-state index in [0.717, 1.165) is 36.9 Å². The molecule has 0 radical (unpaired) electrons. The number of hydrazine groups is 1. The molecule has 3 N–H and O–H groups in total. The van der Waals surface area contributed by atoms with Crippen LogP contribution in [0.4, 0.5) is 0 Å². The van der Waals surface area contributed by atoms with Gasteiger partial charge >= 0.3 is 0 Å². The van der Waals surface area contributed by atoms with Gasteiger partial charge in [-0.05, 0) is 24.2 Å². The smallest absolute Gasteiger partial charge is 0.273 e. The molecule has 1 heterocycles. The number of carbonyl (C=O) groups excluding carboxylic acids is 1. The number of unbranched alkanes of at least 4 members (excludes halogenated alkanes) is 2. The molecular formula is C23H27N5OS. The number of thiocarbonyl (C=S) groups is 1. The Morgan fingerprint density at radius 3 is 2.40 bits per heavy atom. The topological polar surface area (TPSA) is 71.0 Å². The normalized spacial score (nSPS) is 10.4. The van der Waals surface area contributed by atoms with E-state index in [1.165, 1.54) is 0 Å². The molecule has 30 heavy (non-hydrogen) atoms. The molecule has 0 aliphatic rings. The van der Waals surface area contributed by atoms with Crippen molar-refractivity contribution >= 4 is 23.2 Å². The summed E-state index contributed by atoms with van der Waals surface area (Å²) >= 11 is 5.23. The van der Waals surface area contributed by atoms with Gasteiger partial charge in [-0.15, -0.1) is 0 Å². The summed E-state index contributed by atoms with van der Waals surface area (Å²) in [5, 5.41) is 8.17. The van der Waals surface area contributed by atoms with E-state index in [1.807, 2.05) is 60.7 Å². The quantitative estimate of drug-likeness (QED) is 0.292. The predicted molar refractivity (Wildman–Crippen MR) is 124 cm³/mol. The van der Waals surface area contributed by atoms with Gasteiger partial charge in [0.15, 0.2) is 5.11 Å². The van der Waals surface area contributed by atoms with Gasteiger partial charge in [0.25, 0.3) is 5.91 Å². The van der Waals surface area contributed by atoms with Crippen molar-refractivity contribution in [1.82, 2.24) is 25.9 Å². The number of hydrogen-bond donors (Lipinski definition) is 3. The number of hydrogen-bond acceptors (Lipinski definition) is 3. The molecule has 0 bridgehead atoms. The van der Waals surface area contributed by atoms with Crippen molar-refractivity contribution in [3.8, 4) is 11.3 Å². The minimum absolute atomic E-state index is 0.286. The van der Waals surface area contributed by atoms with Gasteiger partial charge in [0.05, 0.1) is 12.1 Å². The van der Waals surface area contributed by atoms with Crippen LogP contribution in [0.3, 0.4) is 0 Å². The van der Waals surface area contributed by atoms with E-state index in [2.05, 4.69) is 28.2 Å². The molecule has 7 heteroatoms. The molecule has 0 aliphatic carbocycles. The van der Waals surface area contributed by atoms with Gasteiger partial charge in [0, 0.05) is 18.3 Å². The minimum Gasteiger partial charge on any atom is -0.361 e. The first-order valence-electron chi connectivity index (χ1n) is 10.2. The highest BCUT2D eigenvalue weighted by Crippen LogP contribution is 2.22. The number of nitrogens with zero attached hydrogens (tertiary/aromatic N) is 2. The van der Waals surface area contributed by atoms with Crippen molar-refractivity contribution in [3.63, 3.8) is 0 Å². The first kappa shape index (κ1) is 21.5. The van der Waals surface area contributed by atoms with Gasteiger partial charge in [-0.2, -0.15) is 5.10 Å². The molecule has 0 unspecified atom stereocenters. The predicted octanol–water partition coefficient (Wildman–Crippen LogP) is 3.90. The van der Waals surface area contributed by atoms with Crippen LogP contribution < -0.4 is 16.2 Å². The highest BCUT2D eigenvalue weighted by Gasteiger charge is 2.18. The molecule has 0 atom stereocenters. The van der Waals surface area contributed by atoms with Crippen LogP contribution in [0.2, 0.25) is 0 Å². The number of amides is 1. The summed E-state index contributed by atoms with van der Waals surface area (Å²) in [6, 6.07) is 19.7. The highest BCUT2D eigenvalue weighted by molar-refractivity contribution is 7.80. The lowest BCUT2D eigenvalue weighted by atomic mass is 10.1. The number of rotatable bonds is 8. The summed E-state index contributed by atoms with van der Waals surface area (Å²) in [6.07, 6.45) is 5.09. The van der Waals surface area contributed by atoms with E-state index in [0.29, 0.717) is 22.9 Å². The molecule has 0 saturated heterocycles. The zero-order chi connectivity index (χ0) is 21.2. The molecule has 0 saturated carbocycles. The van der Waals surface area contributed by atoms with E-state index in [1.54, 1.807) is 10.9 Å². The van der Waals surface area contributed by atoms with Crippen molar-refractivity contribution in [2.45, 2.75) is 32.7 Å². The van der Waals surface area contributed by atoms with Crippen molar-refractivity contribution in [1.29, 1.82) is 0 Å². The number of nitrogens with one attached hydrogen (secondary N) is 3. The Kier molecular flexibility index (Phi) is 7.97. The zero-order valence-electron chi connectivity index (χ0n) is 17.1. The van der Waals surface area contributed by atoms with Gasteiger partial charge in [0.2, 0.25) is 0 Å². The van der Waals surface area contributed by atoms with Crippen LogP contribution in [-0.4, -0.2) is 27.3 Å². The van der Waals surface area contributed by atoms with Crippen LogP contribution in [0.15, 0.2) is 66.9 Å². The summed E-state index contributed by atoms with van der Waals surface area (Å²) in [7, 11) is 0. The summed E-state index contributed by atoms with van der Waals surface area (Å²) in [4.78, 5) is 12.9. The van der Waals surface area contributed by atoms with Crippen LogP contribution in [-0.2, 0) is 6.54 Å². The van der Waals surface area contributed by atoms with Gasteiger partial charge in [-0.3, -0.25) is 20.3 Å². The molecule has 3 aromatic rings. The molecule has 6 nitrogen and oxygen atoms in total. The van der Waals surface area contributed by atoms with Crippen LogP contribution >= 0.6 is 12.2 Å². The third kappa shape index (κ3) is 6.15. The number of carbonyl (C=O) groups is 1. The molecule has 1 amide bonds. The monoisotopic (exact) mass is 421 g/mol. The molecule has 1 aromatic heterocycles. The maximum Gasteiger partial charge on any atom is 0.273 e. The lowest BCUT2D eigenvalue weighted by Crippen LogP contribution is -2.47. The lowest BCUT2D eigenvalue weighted by Gasteiger charge is -2.11. The Morgan fingerprint density at radius 2 is 1.70 bits per heavy atom. The fourth-order valence-corrected chi connectivity index (χ4v) is 3.20. The van der Waals surface area contributed by atoms with Gasteiger partial charge in [-0.1, -0.05) is 80.4 Å². The summed E-state index contributed by atoms with van der Waals surface area (Å²) in [5.41, 5.74) is 8.57. The standard InChI is InChI=1S/C23H27N5OS/c1-2-3-10-15-24-23(30)26-25-22(29)20-17-28(16-18-11-6-4-7-12-18)27-21(20)19-13-8-5-9-14-19/h4-9,11-14,17H,2-3,10,15-16H2,1H3,(H,25,29)(H2,24,26,30). The third-order valence-electron chi connectivity index (χ3n) is 4.60. The Bertz CT molecular complexity index is 956. The highest BCUT2D eigenvalue weighted by atomic mass is 32.1. The second-order valence-electron chi connectivity index (χ2n) is 6.98. The van der Waals surface area contributed by atoms with Crippen LogP contribution in [0.5, 0.6) is 0 Å². The van der Waals surface area contributed by atoms with E-state index in [9.17, 15) is 4.79 Å². The third-order valence-corrected chi connectivity index (χ3v) is 4.84. The van der Waals surface area contributed by atoms with Crippen LogP contribution in [0.1, 0.15) is 42.1 Å². The maximum absolute atomic E-state index is 12.9. The van der Waals surface area contributed by atoms with E-state index < -0.39 is 0 Å². The summed E-state index contributed by atoms with van der Waals surface area (Å²) < 4.78 is 1.79. The largest absolute Gasteiger partial charge is 0.361 e. The second kappa shape index (κ2) is 11.1. The maximum atomic E-state index is 12.9. The first-order valence-corrected chi connectivity index (χ1v) is 10.6. The molecule has 3 rings (SSSR count). The van der Waals surface area contributed by atoms with Gasteiger partial charge in [0.1, 0.15) is 5.69 Å². The average molecular weight is 422 g/mol. The van der Waals surface area contributed by atoms with Crippen molar-refractivity contribution in [2.24, 2.45) is 0 Å². The second-order valence-corrected chi connectivity index (χ2v) is 7.39. The Balaban J connectivity index is 1.71. The molecular weight excluding hydrogens is 394 g/mol. The first-order chi connectivity index (χ1) is 14.7. The number of benzene rings is 2. The molecule has 0 spiro atoms. The van der Waals surface area contributed by atoms with Crippen LogP contribution in [0, 0.1) is 0 Å². The number of aromatic nitrogens is 2. The van der Waals surface area contributed by atoms with E-state index >= 15 is 0 Å². The Hall–Kier alpha value is -3.19. The van der Waals surface area contributed by atoms with Crippen LogP contribution in [0.25, 0.3) is 11.3 Å². The van der Waals surface area contributed by atoms with Gasteiger partial charge < -0.3 is 5.32 Å². The summed E-state index contributed by atoms with van der Waals surface area (Å²) in [6.45, 7) is 3.51. The Morgan fingerprint density at radius 1 is 1.00 bits per heavy atom. The minimum atomic E-state index is -0.286. The lowest BCUT2D eigenvalue weighted by molar-refractivity contribution is 0.0944. The average Bonchev–Trinajstić information content (AvgIpc) is 3.20. The molecule has 0 fully saturated rings. The molecule has 2 aromatic carbocycles. The molecule has 156 valence electrons. The van der Waals surface area contributed by atoms with Crippen molar-refractivity contribution in [2.75, 3.05) is 6.54 Å². The molecule has 0 aliphatic heterocycles. The van der Waals surface area contributed by atoms with Gasteiger partial charge in [-0.25, -0.2) is 0 Å². The summed E-state index contributed by atoms with van der Waals surface area (Å²) in [5.74, 6) is -0.286. The van der Waals surface area contributed by atoms with Crippen molar-refractivity contribution in [3.05, 3.63) is 78.0 Å². The van der Waals surface area contributed by atoms with E-state index in [4.69, 9.17) is 12.2 Å². The Labute approximate surface area is 182 Å². The fourth-order valence-electron chi connectivity index (χ4n) is 3.05. The van der Waals surface area contributed by atoms with Crippen molar-refractivity contribution < 1.29 is 4.79 Å². The fraction of sp³-hybridized carbons (Fsp3) is 0.261.